The molecule has 3 rings (SSSR count). The van der Waals surface area contributed by atoms with Crippen molar-refractivity contribution in [2.24, 2.45) is 5.14 Å². The molecule has 0 aliphatic carbocycles. The zero-order chi connectivity index (χ0) is 25.1. The van der Waals surface area contributed by atoms with Crippen LogP contribution in [0.4, 0.5) is 13.2 Å². The van der Waals surface area contributed by atoms with Crippen molar-refractivity contribution in [3.8, 4) is 5.75 Å². The maximum absolute atomic E-state index is 12.9. The quantitative estimate of drug-likeness (QED) is 0.423. The van der Waals surface area contributed by atoms with Crippen molar-refractivity contribution >= 4 is 55.7 Å². The van der Waals surface area contributed by atoms with Crippen molar-refractivity contribution in [2.75, 3.05) is 7.11 Å². The molecule has 0 aliphatic heterocycles. The summed E-state index contributed by atoms with van der Waals surface area (Å²) >= 11 is 11.7. The Morgan fingerprint density at radius 2 is 1.79 bits per heavy atom. The summed E-state index contributed by atoms with van der Waals surface area (Å²) in [5.41, 5.74) is -1.68. The van der Waals surface area contributed by atoms with Gasteiger partial charge in [0.15, 0.2) is 16.5 Å². The molecule has 0 unspecified atom stereocenters. The Hall–Kier alpha value is -2.59. The Morgan fingerprint density at radius 3 is 2.33 bits per heavy atom. The topological polar surface area (TPSA) is 150 Å². The smallest absolute Gasteiger partial charge is 0.417 e. The number of rotatable bonds is 4. The van der Waals surface area contributed by atoms with Gasteiger partial charge in [-0.2, -0.15) is 13.2 Å². The van der Waals surface area contributed by atoms with Gasteiger partial charge in [-0.15, -0.1) is 0 Å². The Balaban J connectivity index is 0.000000890. The first kappa shape index (κ1) is 26.7. The number of ether oxygens (including phenoxy) is 1. The maximum atomic E-state index is 12.9. The summed E-state index contributed by atoms with van der Waals surface area (Å²) in [5.74, 6) is -1.00. The predicted octanol–water partition coefficient (Wildman–Crippen LogP) is 2.26. The number of hydrogen-bond acceptors (Lipinski definition) is 7. The third-order valence-electron chi connectivity index (χ3n) is 3.72. The number of sulfonamides is 1. The van der Waals surface area contributed by atoms with Crippen LogP contribution in [0.3, 0.4) is 0 Å². The monoisotopic (exact) mass is 548 g/mol. The summed E-state index contributed by atoms with van der Waals surface area (Å²) in [5, 5.41) is 3.53. The number of imidazole rings is 1. The second-order valence-corrected chi connectivity index (χ2v) is 8.98. The summed E-state index contributed by atoms with van der Waals surface area (Å²) in [6, 6.07) is 4.45. The van der Waals surface area contributed by atoms with Gasteiger partial charge in [0.2, 0.25) is 0 Å². The Kier molecular flexibility index (Phi) is 8.18. The van der Waals surface area contributed by atoms with Gasteiger partial charge in [-0.3, -0.25) is 4.79 Å². The van der Waals surface area contributed by atoms with E-state index in [2.05, 4.69) is 10.1 Å². The molecule has 3 N–H and O–H groups in total. The van der Waals surface area contributed by atoms with E-state index in [1.54, 1.807) is 4.72 Å². The minimum Gasteiger partial charge on any atom is -0.497 e. The maximum Gasteiger partial charge on any atom is 0.417 e. The van der Waals surface area contributed by atoms with Crippen molar-refractivity contribution < 1.29 is 39.5 Å². The molecule has 17 heteroatoms. The summed E-state index contributed by atoms with van der Waals surface area (Å²) in [6.45, 7) is 0. The first-order valence-electron chi connectivity index (χ1n) is 8.21. The molecule has 1 aromatic carbocycles. The first-order valence-corrected chi connectivity index (χ1v) is 11.7. The Bertz CT molecular complexity index is 1380. The minimum absolute atomic E-state index is 0.151. The van der Waals surface area contributed by atoms with E-state index in [0.717, 1.165) is 16.7 Å². The molecule has 2 aromatic heterocycles. The van der Waals surface area contributed by atoms with Crippen LogP contribution in [-0.2, 0) is 27.1 Å². The van der Waals surface area contributed by atoms with Gasteiger partial charge in [0.25, 0.3) is 15.9 Å². The zero-order valence-electron chi connectivity index (χ0n) is 16.1. The fourth-order valence-electron chi connectivity index (χ4n) is 2.37. The number of methoxy groups -OCH3 is 1. The molecule has 33 heavy (non-hydrogen) atoms. The van der Waals surface area contributed by atoms with Crippen LogP contribution in [0.25, 0.3) is 5.65 Å². The highest BCUT2D eigenvalue weighted by Crippen LogP contribution is 2.32. The van der Waals surface area contributed by atoms with Crippen LogP contribution in [0, 0.1) is 0 Å². The second-order valence-electron chi connectivity index (χ2n) is 5.95. The molecule has 0 aliphatic rings. The van der Waals surface area contributed by atoms with Crippen LogP contribution >= 0.6 is 23.2 Å². The number of aromatic nitrogens is 2. The van der Waals surface area contributed by atoms with E-state index in [1.165, 1.54) is 19.2 Å². The van der Waals surface area contributed by atoms with Crippen LogP contribution in [0.1, 0.15) is 16.1 Å². The van der Waals surface area contributed by atoms with E-state index in [9.17, 15) is 26.4 Å². The van der Waals surface area contributed by atoms with Gasteiger partial charge in [0, 0.05) is 18.5 Å². The second kappa shape index (κ2) is 10.1. The Labute approximate surface area is 196 Å². The molecule has 0 spiro atoms. The van der Waals surface area contributed by atoms with Gasteiger partial charge in [-0.1, -0.05) is 23.2 Å². The lowest BCUT2D eigenvalue weighted by atomic mass is 10.3. The number of pyridine rings is 1. The number of nitrogens with two attached hydrogens (primary N) is 1. The predicted molar refractivity (Wildman–Crippen MR) is 112 cm³/mol. The molecule has 180 valence electrons. The van der Waals surface area contributed by atoms with E-state index in [4.69, 9.17) is 36.4 Å². The van der Waals surface area contributed by atoms with Gasteiger partial charge in [0.1, 0.15) is 16.3 Å². The number of nitrogens with one attached hydrogen (secondary N) is 1. The molecule has 0 radical (unpaired) electrons. The number of benzene rings is 1. The third kappa shape index (κ3) is 6.70. The molecule has 2 heterocycles. The molecular formula is C16H13Cl2F3N4O6S2. The van der Waals surface area contributed by atoms with Gasteiger partial charge >= 0.3 is 6.18 Å². The zero-order valence-corrected chi connectivity index (χ0v) is 19.4. The van der Waals surface area contributed by atoms with Crippen LogP contribution in [0.15, 0.2) is 41.6 Å². The van der Waals surface area contributed by atoms with Crippen molar-refractivity contribution in [1.82, 2.24) is 14.1 Å². The molecule has 0 bridgehead atoms. The van der Waals surface area contributed by atoms with Gasteiger partial charge < -0.3 is 9.14 Å². The number of thiol groups is 1. The van der Waals surface area contributed by atoms with E-state index < -0.39 is 49.1 Å². The van der Waals surface area contributed by atoms with Gasteiger partial charge in [-0.25, -0.2) is 31.7 Å². The lowest BCUT2D eigenvalue weighted by Gasteiger charge is -2.09. The molecule has 0 fully saturated rings. The molecular weight excluding hydrogens is 536 g/mol. The third-order valence-corrected chi connectivity index (χ3v) is 5.81. The number of alkyl halides is 3. The summed E-state index contributed by atoms with van der Waals surface area (Å²) in [6.07, 6.45) is -3.07. The van der Waals surface area contributed by atoms with Crippen molar-refractivity contribution in [2.45, 2.75) is 11.1 Å². The molecule has 1 amide bonds. The largest absolute Gasteiger partial charge is 0.497 e. The van der Waals surface area contributed by atoms with Gasteiger partial charge in [-0.05, 0) is 18.2 Å². The number of amides is 1. The molecule has 0 saturated heterocycles. The molecule has 0 saturated carbocycles. The minimum atomic E-state index is -4.67. The number of nitrogens with zero attached hydrogens (tertiary/aromatic N) is 2. The lowest BCUT2D eigenvalue weighted by molar-refractivity contribution is -0.137. The summed E-state index contributed by atoms with van der Waals surface area (Å²) in [4.78, 5) is 15.7. The fourth-order valence-corrected chi connectivity index (χ4v) is 4.10. The lowest BCUT2D eigenvalue weighted by Crippen LogP contribution is -2.31. The van der Waals surface area contributed by atoms with Crippen LogP contribution < -0.4 is 14.6 Å². The van der Waals surface area contributed by atoms with E-state index in [-0.39, 0.29) is 21.4 Å². The fraction of sp³-hybridized carbons (Fsp3) is 0.125. The molecule has 10 nitrogen and oxygen atoms in total. The number of halogens is 5. The van der Waals surface area contributed by atoms with Gasteiger partial charge in [0.05, 0.1) is 22.7 Å². The summed E-state index contributed by atoms with van der Waals surface area (Å²) in [7, 11) is -5.73. The highest BCUT2D eigenvalue weighted by Gasteiger charge is 2.32. The van der Waals surface area contributed by atoms with Crippen LogP contribution in [-0.4, -0.2) is 39.2 Å². The molecule has 3 aromatic rings. The van der Waals surface area contributed by atoms with Crippen molar-refractivity contribution in [1.29, 1.82) is 0 Å². The van der Waals surface area contributed by atoms with Crippen LogP contribution in [0.5, 0.6) is 5.75 Å². The standard InChI is InChI=1S/C16H10Cl2F3N3O4S.H3NO2S/c1-28-9-2-3-10(17)13(5-9)29(26,27)23-15(25)12-7-24-6-8(16(19,20)21)4-11(18)14(24)22-12;1-4(2)3/h2-7H,1H3,(H,23,25);4H,(H2,1,2,3). The molecule has 0 atom stereocenters. The number of fused-ring (bicyclic) bond motifs is 1. The average molecular weight is 549 g/mol. The van der Waals surface area contributed by atoms with Crippen molar-refractivity contribution in [3.05, 3.63) is 58.0 Å². The average Bonchev–Trinajstić information content (AvgIpc) is 3.12. The number of carbonyl (C=O) groups is 1. The highest BCUT2D eigenvalue weighted by molar-refractivity contribution is 7.90. The van der Waals surface area contributed by atoms with E-state index in [0.29, 0.717) is 12.3 Å². The first-order chi connectivity index (χ1) is 15.2. The SMILES string of the molecule is COc1ccc(Cl)c(S(=O)(=O)NC(=O)c2cn3cc(C(F)(F)F)cc(Cl)c3n2)c1.N[SH](=O)=O. The normalized spacial score (nSPS) is 11.8. The van der Waals surface area contributed by atoms with E-state index in [1.807, 2.05) is 0 Å². The summed E-state index contributed by atoms with van der Waals surface area (Å²) < 4.78 is 88.9. The Morgan fingerprint density at radius 1 is 1.18 bits per heavy atom. The number of carbonyl (C=O) groups excluding carboxylic acids is 1. The highest BCUT2D eigenvalue weighted by atomic mass is 35.5. The van der Waals surface area contributed by atoms with Crippen molar-refractivity contribution in [3.63, 3.8) is 0 Å². The van der Waals surface area contributed by atoms with Crippen LogP contribution in [0.2, 0.25) is 10.0 Å². The number of hydrogen-bond donors (Lipinski definition) is 3. The van der Waals surface area contributed by atoms with E-state index >= 15 is 0 Å².